The van der Waals surface area contributed by atoms with Crippen LogP contribution in [-0.2, 0) is 14.8 Å². The number of hydrogen-bond donors (Lipinski definition) is 1. The smallest absolute Gasteiger partial charge is 0.264 e. The van der Waals surface area contributed by atoms with Gasteiger partial charge in [0, 0.05) is 11.8 Å². The first-order valence-electron chi connectivity index (χ1n) is 9.10. The summed E-state index contributed by atoms with van der Waals surface area (Å²) in [4.78, 5) is 12.8. The van der Waals surface area contributed by atoms with Gasteiger partial charge in [-0.3, -0.25) is 9.10 Å². The Balaban J connectivity index is 1.88. The molecule has 0 radical (unpaired) electrons. The summed E-state index contributed by atoms with van der Waals surface area (Å²) in [5.74, 6) is 0.478. The van der Waals surface area contributed by atoms with Gasteiger partial charge in [-0.1, -0.05) is 36.4 Å². The number of amides is 1. The molecule has 0 aliphatic rings. The van der Waals surface area contributed by atoms with Crippen LogP contribution in [0, 0.1) is 0 Å². The van der Waals surface area contributed by atoms with E-state index < -0.39 is 22.5 Å². The van der Waals surface area contributed by atoms with Crippen molar-refractivity contribution in [3.63, 3.8) is 0 Å². The molecular formula is C22H22N2O5S. The van der Waals surface area contributed by atoms with Crippen LogP contribution in [0.1, 0.15) is 0 Å². The molecule has 0 saturated carbocycles. The minimum absolute atomic E-state index is 0.104. The zero-order chi connectivity index (χ0) is 21.6. The van der Waals surface area contributed by atoms with E-state index in [1.165, 1.54) is 26.4 Å². The fourth-order valence-electron chi connectivity index (χ4n) is 2.87. The summed E-state index contributed by atoms with van der Waals surface area (Å²) < 4.78 is 37.9. The lowest BCUT2D eigenvalue weighted by Gasteiger charge is -2.24. The second-order valence-electron chi connectivity index (χ2n) is 6.28. The number of nitrogens with zero attached hydrogens (tertiary/aromatic N) is 1. The number of sulfonamides is 1. The molecule has 0 fully saturated rings. The Hall–Kier alpha value is -3.52. The molecule has 0 aliphatic carbocycles. The number of benzene rings is 3. The molecule has 156 valence electrons. The van der Waals surface area contributed by atoms with Crippen molar-refractivity contribution >= 4 is 27.3 Å². The molecule has 0 bridgehead atoms. The molecule has 0 saturated heterocycles. The molecule has 3 rings (SSSR count). The zero-order valence-electron chi connectivity index (χ0n) is 16.6. The van der Waals surface area contributed by atoms with Crippen LogP contribution in [0.3, 0.4) is 0 Å². The van der Waals surface area contributed by atoms with E-state index in [0.29, 0.717) is 22.9 Å². The summed E-state index contributed by atoms with van der Waals surface area (Å²) in [5, 5.41) is 2.71. The predicted octanol–water partition coefficient (Wildman–Crippen LogP) is 3.54. The van der Waals surface area contributed by atoms with Gasteiger partial charge >= 0.3 is 0 Å². The Morgan fingerprint density at radius 1 is 0.867 bits per heavy atom. The van der Waals surface area contributed by atoms with E-state index in [0.717, 1.165) is 4.31 Å². The van der Waals surface area contributed by atoms with Crippen molar-refractivity contribution in [2.75, 3.05) is 30.4 Å². The lowest BCUT2D eigenvalue weighted by atomic mass is 10.2. The van der Waals surface area contributed by atoms with Crippen molar-refractivity contribution in [3.05, 3.63) is 78.9 Å². The van der Waals surface area contributed by atoms with Gasteiger partial charge in [-0.05, 0) is 36.4 Å². The number of anilines is 2. The number of ether oxygens (including phenoxy) is 2. The fourth-order valence-corrected chi connectivity index (χ4v) is 4.32. The first kappa shape index (κ1) is 21.2. The summed E-state index contributed by atoms with van der Waals surface area (Å²) in [6.45, 7) is -0.393. The lowest BCUT2D eigenvalue weighted by molar-refractivity contribution is -0.114. The van der Waals surface area contributed by atoms with Crippen molar-refractivity contribution in [3.8, 4) is 11.5 Å². The Bertz CT molecular complexity index is 1100. The third kappa shape index (κ3) is 4.72. The molecule has 0 unspecified atom stereocenters. The van der Waals surface area contributed by atoms with Crippen molar-refractivity contribution in [2.45, 2.75) is 4.90 Å². The molecule has 1 N–H and O–H groups in total. The van der Waals surface area contributed by atoms with E-state index in [-0.39, 0.29) is 4.90 Å². The SMILES string of the molecule is COc1ccc(NC(=O)CN(c2ccccc2)S(=O)(=O)c2ccccc2)cc1OC. The summed E-state index contributed by atoms with van der Waals surface area (Å²) >= 11 is 0. The molecule has 3 aromatic rings. The predicted molar refractivity (Wildman–Crippen MR) is 116 cm³/mol. The van der Waals surface area contributed by atoms with Crippen molar-refractivity contribution < 1.29 is 22.7 Å². The van der Waals surface area contributed by atoms with Crippen LogP contribution in [0.4, 0.5) is 11.4 Å². The second kappa shape index (κ2) is 9.32. The van der Waals surface area contributed by atoms with Crippen molar-refractivity contribution in [1.29, 1.82) is 0 Å². The molecule has 1 amide bonds. The van der Waals surface area contributed by atoms with E-state index in [1.54, 1.807) is 66.7 Å². The molecule has 8 heteroatoms. The summed E-state index contributed by atoms with van der Waals surface area (Å²) in [5.41, 5.74) is 0.853. The maximum Gasteiger partial charge on any atom is 0.264 e. The highest BCUT2D eigenvalue weighted by Crippen LogP contribution is 2.30. The number of nitrogens with one attached hydrogen (secondary N) is 1. The summed E-state index contributed by atoms with van der Waals surface area (Å²) in [6.07, 6.45) is 0. The quantitative estimate of drug-likeness (QED) is 0.596. The molecule has 30 heavy (non-hydrogen) atoms. The highest BCUT2D eigenvalue weighted by Gasteiger charge is 2.27. The lowest BCUT2D eigenvalue weighted by Crippen LogP contribution is -2.38. The molecule has 3 aromatic carbocycles. The summed E-state index contributed by atoms with van der Waals surface area (Å²) in [6, 6.07) is 21.4. The van der Waals surface area contributed by atoms with Gasteiger partial charge in [0.15, 0.2) is 11.5 Å². The molecule has 7 nitrogen and oxygen atoms in total. The van der Waals surface area contributed by atoms with Gasteiger partial charge in [0.05, 0.1) is 24.8 Å². The first-order valence-corrected chi connectivity index (χ1v) is 10.5. The maximum absolute atomic E-state index is 13.2. The topological polar surface area (TPSA) is 84.9 Å². The van der Waals surface area contributed by atoms with Gasteiger partial charge in [-0.25, -0.2) is 8.42 Å². The van der Waals surface area contributed by atoms with Crippen LogP contribution in [0.15, 0.2) is 83.8 Å². The molecule has 0 aromatic heterocycles. The van der Waals surface area contributed by atoms with E-state index in [4.69, 9.17) is 9.47 Å². The monoisotopic (exact) mass is 426 g/mol. The Kier molecular flexibility index (Phi) is 6.58. The van der Waals surface area contributed by atoms with Crippen LogP contribution >= 0.6 is 0 Å². The van der Waals surface area contributed by atoms with Crippen molar-refractivity contribution in [2.24, 2.45) is 0 Å². The number of hydrogen-bond acceptors (Lipinski definition) is 5. The number of rotatable bonds is 8. The molecule has 0 atom stereocenters. The normalized spacial score (nSPS) is 10.9. The number of para-hydroxylation sites is 1. The van der Waals surface area contributed by atoms with E-state index >= 15 is 0 Å². The molecule has 0 aliphatic heterocycles. The third-order valence-corrected chi connectivity index (χ3v) is 6.12. The van der Waals surface area contributed by atoms with Gasteiger partial charge in [0.2, 0.25) is 5.91 Å². The van der Waals surface area contributed by atoms with Gasteiger partial charge in [-0.2, -0.15) is 0 Å². The average Bonchev–Trinajstić information content (AvgIpc) is 2.78. The van der Waals surface area contributed by atoms with E-state index in [9.17, 15) is 13.2 Å². The maximum atomic E-state index is 13.2. The Labute approximate surface area is 175 Å². The minimum Gasteiger partial charge on any atom is -0.493 e. The standard InChI is InChI=1S/C22H22N2O5S/c1-28-20-14-13-17(15-21(20)29-2)23-22(25)16-24(18-9-5-3-6-10-18)30(26,27)19-11-7-4-8-12-19/h3-15H,16H2,1-2H3,(H,23,25). The summed E-state index contributed by atoms with van der Waals surface area (Å²) in [7, 11) is -0.928. The zero-order valence-corrected chi connectivity index (χ0v) is 17.4. The van der Waals surface area contributed by atoms with Crippen LogP contribution in [0.5, 0.6) is 11.5 Å². The van der Waals surface area contributed by atoms with E-state index in [1.807, 2.05) is 0 Å². The average molecular weight is 426 g/mol. The Morgan fingerprint density at radius 2 is 1.47 bits per heavy atom. The van der Waals surface area contributed by atoms with Gasteiger partial charge in [0.1, 0.15) is 6.54 Å². The highest BCUT2D eigenvalue weighted by molar-refractivity contribution is 7.92. The van der Waals surface area contributed by atoms with Crippen LogP contribution in [-0.4, -0.2) is 35.1 Å². The largest absolute Gasteiger partial charge is 0.493 e. The van der Waals surface area contributed by atoms with Gasteiger partial charge in [-0.15, -0.1) is 0 Å². The van der Waals surface area contributed by atoms with Gasteiger partial charge in [0.25, 0.3) is 10.0 Å². The van der Waals surface area contributed by atoms with Crippen molar-refractivity contribution in [1.82, 2.24) is 0 Å². The second-order valence-corrected chi connectivity index (χ2v) is 8.14. The van der Waals surface area contributed by atoms with Crippen LogP contribution in [0.25, 0.3) is 0 Å². The van der Waals surface area contributed by atoms with Gasteiger partial charge < -0.3 is 14.8 Å². The molecule has 0 heterocycles. The molecular weight excluding hydrogens is 404 g/mol. The number of carbonyl (C=O) groups is 1. The Morgan fingerprint density at radius 3 is 2.07 bits per heavy atom. The van der Waals surface area contributed by atoms with E-state index in [2.05, 4.69) is 5.32 Å². The van der Waals surface area contributed by atoms with Crippen LogP contribution < -0.4 is 19.1 Å². The first-order chi connectivity index (χ1) is 14.5. The van der Waals surface area contributed by atoms with Crippen LogP contribution in [0.2, 0.25) is 0 Å². The molecule has 0 spiro atoms. The third-order valence-electron chi connectivity index (χ3n) is 4.33. The number of methoxy groups -OCH3 is 2. The minimum atomic E-state index is -3.94. The highest BCUT2D eigenvalue weighted by atomic mass is 32.2. The number of carbonyl (C=O) groups excluding carboxylic acids is 1. The fraction of sp³-hybridized carbons (Fsp3) is 0.136.